The van der Waals surface area contributed by atoms with E-state index in [-0.39, 0.29) is 0 Å². The Labute approximate surface area is 122 Å². The van der Waals surface area contributed by atoms with Crippen LogP contribution in [0, 0.1) is 11.3 Å². The molecule has 0 bridgehead atoms. The quantitative estimate of drug-likeness (QED) is 0.787. The summed E-state index contributed by atoms with van der Waals surface area (Å²) < 4.78 is 0. The monoisotopic (exact) mass is 285 g/mol. The number of benzene rings is 2. The van der Waals surface area contributed by atoms with Crippen LogP contribution < -0.4 is 0 Å². The summed E-state index contributed by atoms with van der Waals surface area (Å²) in [5, 5.41) is 9.80. The highest BCUT2D eigenvalue weighted by Gasteiger charge is 2.12. The van der Waals surface area contributed by atoms with Gasteiger partial charge in [-0.05, 0) is 60.7 Å². The highest BCUT2D eigenvalue weighted by molar-refractivity contribution is 7.99. The van der Waals surface area contributed by atoms with E-state index < -0.39 is 0 Å². The first-order valence-electron chi connectivity index (χ1n) is 6.25. The number of hydrogen-bond acceptors (Lipinski definition) is 2. The molecule has 1 aliphatic rings. The van der Waals surface area contributed by atoms with Gasteiger partial charge in [0.1, 0.15) is 6.07 Å². The summed E-state index contributed by atoms with van der Waals surface area (Å²) in [6.07, 6.45) is 3.62. The maximum atomic E-state index is 9.14. The minimum atomic E-state index is 0.669. The molecule has 3 rings (SSSR count). The van der Waals surface area contributed by atoms with Crippen LogP contribution >= 0.6 is 23.4 Å². The summed E-state index contributed by atoms with van der Waals surface area (Å²) in [6.45, 7) is 0. The summed E-state index contributed by atoms with van der Waals surface area (Å²) in [4.78, 5) is 2.10. The van der Waals surface area contributed by atoms with Crippen LogP contribution in [0.25, 0.3) is 0 Å². The van der Waals surface area contributed by atoms with Crippen molar-refractivity contribution in [2.45, 2.75) is 29.1 Å². The highest BCUT2D eigenvalue weighted by Crippen LogP contribution is 2.34. The van der Waals surface area contributed by atoms with Crippen molar-refractivity contribution < 1.29 is 0 Å². The molecular formula is C16H12ClNS. The van der Waals surface area contributed by atoms with Gasteiger partial charge in [0.05, 0.1) is 5.56 Å². The van der Waals surface area contributed by atoms with Gasteiger partial charge in [0, 0.05) is 14.8 Å². The van der Waals surface area contributed by atoms with Gasteiger partial charge in [0.2, 0.25) is 0 Å². The zero-order valence-corrected chi connectivity index (χ0v) is 11.9. The van der Waals surface area contributed by atoms with Crippen molar-refractivity contribution in [2.24, 2.45) is 0 Å². The van der Waals surface area contributed by atoms with Crippen molar-refractivity contribution >= 4 is 23.4 Å². The fourth-order valence-electron chi connectivity index (χ4n) is 2.41. The molecular weight excluding hydrogens is 274 g/mol. The van der Waals surface area contributed by atoms with E-state index in [1.807, 2.05) is 6.07 Å². The molecule has 19 heavy (non-hydrogen) atoms. The number of rotatable bonds is 2. The molecule has 0 N–H and O–H groups in total. The van der Waals surface area contributed by atoms with Crippen LogP contribution in [0.1, 0.15) is 23.1 Å². The maximum absolute atomic E-state index is 9.14. The van der Waals surface area contributed by atoms with Crippen molar-refractivity contribution in [3.8, 4) is 6.07 Å². The molecule has 0 aliphatic heterocycles. The third kappa shape index (κ3) is 2.63. The molecule has 0 aromatic heterocycles. The lowest BCUT2D eigenvalue weighted by Crippen LogP contribution is -1.85. The van der Waals surface area contributed by atoms with Crippen molar-refractivity contribution in [3.05, 3.63) is 58.1 Å². The van der Waals surface area contributed by atoms with Gasteiger partial charge in [-0.2, -0.15) is 5.26 Å². The van der Waals surface area contributed by atoms with Gasteiger partial charge in [0.25, 0.3) is 0 Å². The average molecular weight is 286 g/mol. The van der Waals surface area contributed by atoms with Crippen LogP contribution in [0.5, 0.6) is 0 Å². The lowest BCUT2D eigenvalue weighted by Gasteiger charge is -2.07. The Morgan fingerprint density at radius 1 is 1.05 bits per heavy atom. The third-order valence-corrected chi connectivity index (χ3v) is 4.64. The van der Waals surface area contributed by atoms with E-state index >= 15 is 0 Å². The number of aryl methyl sites for hydroxylation is 2. The highest BCUT2D eigenvalue weighted by atomic mass is 35.5. The van der Waals surface area contributed by atoms with E-state index in [4.69, 9.17) is 16.9 Å². The SMILES string of the molecule is N#Cc1ccc(Cl)cc1Sc1ccc2c(c1)CCC2. The fraction of sp³-hybridized carbons (Fsp3) is 0.188. The normalized spacial score (nSPS) is 13.1. The van der Waals surface area contributed by atoms with Gasteiger partial charge in [0.15, 0.2) is 0 Å². The second kappa shape index (κ2) is 5.28. The number of nitrogens with zero attached hydrogens (tertiary/aromatic N) is 1. The molecule has 94 valence electrons. The van der Waals surface area contributed by atoms with E-state index in [0.29, 0.717) is 10.6 Å². The Kier molecular flexibility index (Phi) is 3.50. The van der Waals surface area contributed by atoms with Crippen LogP contribution in [0.15, 0.2) is 46.2 Å². The number of hydrogen-bond donors (Lipinski definition) is 0. The molecule has 1 aliphatic carbocycles. The van der Waals surface area contributed by atoms with Gasteiger partial charge in [-0.15, -0.1) is 0 Å². The van der Waals surface area contributed by atoms with Crippen molar-refractivity contribution in [3.63, 3.8) is 0 Å². The van der Waals surface area contributed by atoms with Gasteiger partial charge in [-0.25, -0.2) is 0 Å². The second-order valence-electron chi connectivity index (χ2n) is 4.64. The molecule has 0 fully saturated rings. The fourth-order valence-corrected chi connectivity index (χ4v) is 3.65. The van der Waals surface area contributed by atoms with Crippen LogP contribution in [-0.4, -0.2) is 0 Å². The molecule has 0 saturated heterocycles. The number of nitriles is 1. The first kappa shape index (κ1) is 12.6. The van der Waals surface area contributed by atoms with E-state index in [9.17, 15) is 0 Å². The molecule has 0 amide bonds. The molecule has 0 spiro atoms. The van der Waals surface area contributed by atoms with Crippen molar-refractivity contribution in [1.29, 1.82) is 5.26 Å². The molecule has 0 atom stereocenters. The minimum absolute atomic E-state index is 0.669. The topological polar surface area (TPSA) is 23.8 Å². The molecule has 0 saturated carbocycles. The summed E-state index contributed by atoms with van der Waals surface area (Å²) >= 11 is 7.62. The van der Waals surface area contributed by atoms with E-state index in [0.717, 1.165) is 4.90 Å². The summed E-state index contributed by atoms with van der Waals surface area (Å²) in [5.41, 5.74) is 3.59. The van der Waals surface area contributed by atoms with Crippen LogP contribution in [-0.2, 0) is 12.8 Å². The standard InChI is InChI=1S/C16H12ClNS/c17-14-6-4-13(10-18)16(9-14)19-15-7-5-11-2-1-3-12(11)8-15/h4-9H,1-3H2. The Hall–Kier alpha value is -1.43. The minimum Gasteiger partial charge on any atom is -0.192 e. The Bertz CT molecular complexity index is 673. The Morgan fingerprint density at radius 2 is 1.89 bits per heavy atom. The predicted octanol–water partition coefficient (Wildman–Crippen LogP) is 4.85. The van der Waals surface area contributed by atoms with Gasteiger partial charge >= 0.3 is 0 Å². The zero-order valence-electron chi connectivity index (χ0n) is 10.3. The first-order chi connectivity index (χ1) is 9.26. The van der Waals surface area contributed by atoms with E-state index in [1.165, 1.54) is 35.3 Å². The maximum Gasteiger partial charge on any atom is 0.100 e. The Balaban J connectivity index is 1.93. The molecule has 0 unspecified atom stereocenters. The molecule has 0 heterocycles. The predicted molar refractivity (Wildman–Crippen MR) is 78.8 cm³/mol. The molecule has 2 aromatic carbocycles. The smallest absolute Gasteiger partial charge is 0.100 e. The summed E-state index contributed by atoms with van der Waals surface area (Å²) in [7, 11) is 0. The van der Waals surface area contributed by atoms with Crippen molar-refractivity contribution in [2.75, 3.05) is 0 Å². The molecule has 0 radical (unpaired) electrons. The van der Waals surface area contributed by atoms with Gasteiger partial charge in [-0.3, -0.25) is 0 Å². The largest absolute Gasteiger partial charge is 0.192 e. The van der Waals surface area contributed by atoms with Gasteiger partial charge in [-0.1, -0.05) is 29.4 Å². The second-order valence-corrected chi connectivity index (χ2v) is 6.19. The summed E-state index contributed by atoms with van der Waals surface area (Å²) in [6, 6.07) is 14.2. The first-order valence-corrected chi connectivity index (χ1v) is 7.45. The third-order valence-electron chi connectivity index (χ3n) is 3.36. The average Bonchev–Trinajstić information content (AvgIpc) is 2.86. The zero-order chi connectivity index (χ0) is 13.2. The molecule has 1 nitrogen and oxygen atoms in total. The van der Waals surface area contributed by atoms with Crippen LogP contribution in [0.3, 0.4) is 0 Å². The van der Waals surface area contributed by atoms with Crippen molar-refractivity contribution in [1.82, 2.24) is 0 Å². The molecule has 3 heteroatoms. The van der Waals surface area contributed by atoms with E-state index in [1.54, 1.807) is 23.9 Å². The van der Waals surface area contributed by atoms with Crippen LogP contribution in [0.4, 0.5) is 0 Å². The van der Waals surface area contributed by atoms with Gasteiger partial charge < -0.3 is 0 Å². The summed E-state index contributed by atoms with van der Waals surface area (Å²) in [5.74, 6) is 0. The lowest BCUT2D eigenvalue weighted by atomic mass is 10.1. The molecule has 2 aromatic rings. The number of fused-ring (bicyclic) bond motifs is 1. The van der Waals surface area contributed by atoms with E-state index in [2.05, 4.69) is 24.3 Å². The lowest BCUT2D eigenvalue weighted by molar-refractivity contribution is 0.911. The number of halogens is 1. The Morgan fingerprint density at radius 3 is 2.74 bits per heavy atom. The van der Waals surface area contributed by atoms with Crippen LogP contribution in [0.2, 0.25) is 5.02 Å².